The average Bonchev–Trinajstić information content (AvgIpc) is 3.67. The molecule has 5 nitrogen and oxygen atoms in total. The lowest BCUT2D eigenvalue weighted by molar-refractivity contribution is -0.138. The van der Waals surface area contributed by atoms with Crippen LogP contribution in [0.1, 0.15) is 62.6 Å². The molecular formula is C33H40N2O3. The van der Waals surface area contributed by atoms with Crippen LogP contribution in [0.2, 0.25) is 0 Å². The minimum atomic E-state index is -0.117. The quantitative estimate of drug-likeness (QED) is 0.504. The van der Waals surface area contributed by atoms with Crippen molar-refractivity contribution in [2.24, 2.45) is 17.8 Å². The van der Waals surface area contributed by atoms with Crippen molar-refractivity contribution in [2.45, 2.75) is 76.0 Å². The van der Waals surface area contributed by atoms with E-state index in [-0.39, 0.29) is 23.5 Å². The van der Waals surface area contributed by atoms with Crippen molar-refractivity contribution < 1.29 is 14.6 Å². The van der Waals surface area contributed by atoms with Crippen LogP contribution in [0.15, 0.2) is 48.5 Å². The molecule has 2 aliphatic heterocycles. The zero-order chi connectivity index (χ0) is 26.0. The highest BCUT2D eigenvalue weighted by molar-refractivity contribution is 5.92. The number of phenols is 1. The molecule has 0 radical (unpaired) electrons. The third-order valence-corrected chi connectivity index (χ3v) is 10.1. The summed E-state index contributed by atoms with van der Waals surface area (Å²) in [5.41, 5.74) is 3.30. The van der Waals surface area contributed by atoms with Crippen molar-refractivity contribution in [3.8, 4) is 11.5 Å². The fourth-order valence-corrected chi connectivity index (χ4v) is 8.40. The van der Waals surface area contributed by atoms with Crippen molar-refractivity contribution in [3.63, 3.8) is 0 Å². The van der Waals surface area contributed by atoms with Gasteiger partial charge in [-0.25, -0.2) is 0 Å². The molecule has 0 unspecified atom stereocenters. The number of likely N-dealkylation sites (tertiary alicyclic amines) is 1. The molecule has 38 heavy (non-hydrogen) atoms. The molecule has 5 heteroatoms. The second kappa shape index (κ2) is 9.15. The number of hydrogen-bond donors (Lipinski definition) is 1. The Morgan fingerprint density at radius 3 is 2.74 bits per heavy atom. The summed E-state index contributed by atoms with van der Waals surface area (Å²) < 4.78 is 6.90. The second-order valence-electron chi connectivity index (χ2n) is 12.9. The highest BCUT2D eigenvalue weighted by Crippen LogP contribution is 2.64. The van der Waals surface area contributed by atoms with E-state index in [1.807, 2.05) is 48.5 Å². The zero-order valence-corrected chi connectivity index (χ0v) is 22.7. The van der Waals surface area contributed by atoms with Gasteiger partial charge in [-0.3, -0.25) is 9.69 Å². The van der Waals surface area contributed by atoms with Crippen molar-refractivity contribution >= 4 is 12.0 Å². The largest absolute Gasteiger partial charge is 0.508 e. The first-order valence-electron chi connectivity index (χ1n) is 14.8. The summed E-state index contributed by atoms with van der Waals surface area (Å²) in [6, 6.07) is 14.4. The Bertz CT molecular complexity index is 1250. The molecule has 7 rings (SSSR count). The summed E-state index contributed by atoms with van der Waals surface area (Å²) in [7, 11) is 0. The SMILES string of the molecule is CC(C)CN(C(=O)C=Cc1ccccc1)[C@@H]1CC[C@H]2[C@H]3Cc4c(O)ccc5c4[C@@]2(CCN3CC2CC2)[C@H]1O5. The van der Waals surface area contributed by atoms with Crippen LogP contribution in [0.5, 0.6) is 11.5 Å². The molecule has 5 atom stereocenters. The predicted octanol–water partition coefficient (Wildman–Crippen LogP) is 5.41. The van der Waals surface area contributed by atoms with Gasteiger partial charge < -0.3 is 14.7 Å². The van der Waals surface area contributed by atoms with Crippen LogP contribution in [-0.2, 0) is 16.6 Å². The molecular weight excluding hydrogens is 472 g/mol. The smallest absolute Gasteiger partial charge is 0.246 e. The molecule has 1 N–H and O–H groups in total. The van der Waals surface area contributed by atoms with Gasteiger partial charge in [0.2, 0.25) is 5.91 Å². The number of piperidine rings is 1. The van der Waals surface area contributed by atoms with Crippen LogP contribution in [0.25, 0.3) is 6.08 Å². The van der Waals surface area contributed by atoms with E-state index in [1.54, 1.807) is 6.08 Å². The molecule has 2 saturated carbocycles. The molecule has 2 bridgehead atoms. The van der Waals surface area contributed by atoms with Gasteiger partial charge in [0.05, 0.1) is 6.04 Å². The predicted molar refractivity (Wildman–Crippen MR) is 149 cm³/mol. The molecule has 1 amide bonds. The number of benzene rings is 2. The summed E-state index contributed by atoms with van der Waals surface area (Å²) >= 11 is 0. The Labute approximate surface area is 226 Å². The maximum atomic E-state index is 13.8. The summed E-state index contributed by atoms with van der Waals surface area (Å²) in [6.45, 7) is 7.39. The Balaban J connectivity index is 1.26. The van der Waals surface area contributed by atoms with Crippen LogP contribution < -0.4 is 4.74 Å². The van der Waals surface area contributed by atoms with Gasteiger partial charge in [-0.05, 0) is 86.6 Å². The van der Waals surface area contributed by atoms with Crippen molar-refractivity contribution in [1.82, 2.24) is 9.80 Å². The Morgan fingerprint density at radius 1 is 1.16 bits per heavy atom. The van der Waals surface area contributed by atoms with Gasteiger partial charge >= 0.3 is 0 Å². The number of amides is 1. The van der Waals surface area contributed by atoms with Crippen LogP contribution >= 0.6 is 0 Å². The van der Waals surface area contributed by atoms with Crippen LogP contribution in [0, 0.1) is 17.8 Å². The summed E-state index contributed by atoms with van der Waals surface area (Å²) in [4.78, 5) is 18.7. The molecule has 1 spiro atoms. The third kappa shape index (κ3) is 3.80. The lowest BCUT2D eigenvalue weighted by atomic mass is 9.50. The molecule has 2 aromatic rings. The molecule has 200 valence electrons. The lowest BCUT2D eigenvalue weighted by Crippen LogP contribution is -2.69. The van der Waals surface area contributed by atoms with E-state index in [4.69, 9.17) is 4.74 Å². The molecule has 2 heterocycles. The highest BCUT2D eigenvalue weighted by Gasteiger charge is 2.66. The van der Waals surface area contributed by atoms with Crippen molar-refractivity contribution in [3.05, 3.63) is 65.2 Å². The van der Waals surface area contributed by atoms with E-state index in [1.165, 1.54) is 24.9 Å². The summed E-state index contributed by atoms with van der Waals surface area (Å²) in [5, 5.41) is 11.0. The maximum absolute atomic E-state index is 13.8. The normalized spacial score (nSPS) is 31.3. The van der Waals surface area contributed by atoms with E-state index >= 15 is 0 Å². The highest BCUT2D eigenvalue weighted by atomic mass is 16.5. The van der Waals surface area contributed by atoms with Gasteiger partial charge in [0, 0.05) is 41.7 Å². The molecule has 3 aliphatic carbocycles. The van der Waals surface area contributed by atoms with Gasteiger partial charge in [-0.15, -0.1) is 0 Å². The van der Waals surface area contributed by atoms with Crippen molar-refractivity contribution in [2.75, 3.05) is 19.6 Å². The number of aromatic hydroxyl groups is 1. The first-order chi connectivity index (χ1) is 18.5. The van der Waals surface area contributed by atoms with E-state index in [0.717, 1.165) is 61.6 Å². The molecule has 1 saturated heterocycles. The van der Waals surface area contributed by atoms with Crippen LogP contribution in [-0.4, -0.2) is 58.6 Å². The number of carbonyl (C=O) groups is 1. The first kappa shape index (κ1) is 24.3. The lowest BCUT2D eigenvalue weighted by Gasteiger charge is -2.60. The summed E-state index contributed by atoms with van der Waals surface area (Å²) in [6.07, 6.45) is 10.4. The Hall–Kier alpha value is -2.79. The molecule has 3 fully saturated rings. The Kier molecular flexibility index (Phi) is 5.84. The minimum Gasteiger partial charge on any atom is -0.508 e. The average molecular weight is 513 g/mol. The standard InChI is InChI=1S/C33H40N2O3/c1-21(2)19-35(30(37)15-10-22-6-4-3-5-7-22)26-12-11-25-27-18-24-28(36)13-14-29-31(24)33(25,32(26)38-29)16-17-34(27)20-23-8-9-23/h3-7,10,13-15,21,23,25-27,32,36H,8-9,11-12,16-20H2,1-2H3/t25-,26+,27+,32-,33-/m0/s1. The van der Waals surface area contributed by atoms with Crippen LogP contribution in [0.3, 0.4) is 0 Å². The number of hydrogen-bond acceptors (Lipinski definition) is 4. The second-order valence-corrected chi connectivity index (χ2v) is 12.9. The maximum Gasteiger partial charge on any atom is 0.246 e. The zero-order valence-electron chi connectivity index (χ0n) is 22.7. The fourth-order valence-electron chi connectivity index (χ4n) is 8.40. The Morgan fingerprint density at radius 2 is 1.97 bits per heavy atom. The first-order valence-corrected chi connectivity index (χ1v) is 14.8. The van der Waals surface area contributed by atoms with Crippen LogP contribution in [0.4, 0.5) is 0 Å². The number of nitrogens with zero attached hydrogens (tertiary/aromatic N) is 2. The van der Waals surface area contributed by atoms with Gasteiger partial charge in [0.1, 0.15) is 17.6 Å². The van der Waals surface area contributed by atoms with Gasteiger partial charge in [-0.1, -0.05) is 44.2 Å². The molecule has 2 aromatic carbocycles. The van der Waals surface area contributed by atoms with Crippen molar-refractivity contribution in [1.29, 1.82) is 0 Å². The van der Waals surface area contributed by atoms with Gasteiger partial charge in [-0.2, -0.15) is 0 Å². The van der Waals surface area contributed by atoms with E-state index in [0.29, 0.717) is 23.6 Å². The number of rotatable bonds is 7. The van der Waals surface area contributed by atoms with E-state index in [9.17, 15) is 9.90 Å². The summed E-state index contributed by atoms with van der Waals surface area (Å²) in [5.74, 6) is 3.18. The molecule has 0 aromatic heterocycles. The monoisotopic (exact) mass is 512 g/mol. The fraction of sp³-hybridized carbons (Fsp3) is 0.545. The number of phenolic OH excluding ortho intramolecular Hbond substituents is 1. The van der Waals surface area contributed by atoms with Gasteiger partial charge in [0.25, 0.3) is 0 Å². The number of carbonyl (C=O) groups excluding carboxylic acids is 1. The van der Waals surface area contributed by atoms with Gasteiger partial charge in [0.15, 0.2) is 0 Å². The number of ether oxygens (including phenoxy) is 1. The van der Waals surface area contributed by atoms with E-state index in [2.05, 4.69) is 23.6 Å². The topological polar surface area (TPSA) is 53.0 Å². The third-order valence-electron chi connectivity index (χ3n) is 10.1. The van der Waals surface area contributed by atoms with E-state index < -0.39 is 0 Å². The molecule has 5 aliphatic rings. The minimum absolute atomic E-state index is 0.0256.